The van der Waals surface area contributed by atoms with Crippen molar-refractivity contribution in [3.05, 3.63) is 0 Å². The second-order valence-electron chi connectivity index (χ2n) is 7.63. The summed E-state index contributed by atoms with van der Waals surface area (Å²) in [5.41, 5.74) is 0. The van der Waals surface area contributed by atoms with Crippen molar-refractivity contribution in [1.29, 1.82) is 0 Å². The molecule has 0 unspecified atom stereocenters. The first kappa shape index (κ1) is 24.5. The zero-order chi connectivity index (χ0) is 18.4. The van der Waals surface area contributed by atoms with E-state index >= 15 is 0 Å². The Balaban J connectivity index is 3.13. The highest BCUT2D eigenvalue weighted by Crippen LogP contribution is 2.12. The van der Waals surface area contributed by atoms with Crippen molar-refractivity contribution in [2.75, 3.05) is 6.61 Å². The molecule has 0 saturated carbocycles. The average molecular weight is 355 g/mol. The zero-order valence-electron chi connectivity index (χ0n) is 17.5. The zero-order valence-corrected chi connectivity index (χ0v) is 17.5. The lowest BCUT2D eigenvalue weighted by molar-refractivity contribution is -0.143. The van der Waals surface area contributed by atoms with Gasteiger partial charge in [0.05, 0.1) is 6.61 Å². The lowest BCUT2D eigenvalue weighted by Gasteiger charge is -2.05. The second-order valence-corrected chi connectivity index (χ2v) is 7.63. The van der Waals surface area contributed by atoms with Crippen molar-refractivity contribution < 1.29 is 9.53 Å². The first-order valence-corrected chi connectivity index (χ1v) is 11.5. The van der Waals surface area contributed by atoms with Gasteiger partial charge in [-0.15, -0.1) is 0 Å². The summed E-state index contributed by atoms with van der Waals surface area (Å²) in [7, 11) is 0. The van der Waals surface area contributed by atoms with Crippen molar-refractivity contribution in [3.8, 4) is 0 Å². The van der Waals surface area contributed by atoms with Gasteiger partial charge in [0.15, 0.2) is 0 Å². The maximum Gasteiger partial charge on any atom is 0.305 e. The van der Waals surface area contributed by atoms with Crippen molar-refractivity contribution in [2.45, 2.75) is 136 Å². The fourth-order valence-corrected chi connectivity index (χ4v) is 3.25. The summed E-state index contributed by atoms with van der Waals surface area (Å²) in [4.78, 5) is 11.7. The second kappa shape index (κ2) is 21.5. The van der Waals surface area contributed by atoms with Gasteiger partial charge in [-0.05, 0) is 12.8 Å². The molecular formula is C23H46O2. The highest BCUT2D eigenvalue weighted by atomic mass is 16.5. The summed E-state index contributed by atoms with van der Waals surface area (Å²) in [6.07, 6.45) is 24.0. The lowest BCUT2D eigenvalue weighted by atomic mass is 10.1. The van der Waals surface area contributed by atoms with Crippen LogP contribution in [-0.2, 0) is 9.53 Å². The molecule has 2 nitrogen and oxygen atoms in total. The smallest absolute Gasteiger partial charge is 0.305 e. The Kier molecular flexibility index (Phi) is 21.1. The molecule has 0 aliphatic rings. The minimum Gasteiger partial charge on any atom is -0.466 e. The summed E-state index contributed by atoms with van der Waals surface area (Å²) in [5, 5.41) is 0. The highest BCUT2D eigenvalue weighted by molar-refractivity contribution is 5.69. The van der Waals surface area contributed by atoms with E-state index in [1.165, 1.54) is 103 Å². The summed E-state index contributed by atoms with van der Waals surface area (Å²) in [6.45, 7) is 5.15. The molecule has 25 heavy (non-hydrogen) atoms. The van der Waals surface area contributed by atoms with Gasteiger partial charge < -0.3 is 4.74 Å². The van der Waals surface area contributed by atoms with Crippen molar-refractivity contribution in [2.24, 2.45) is 0 Å². The molecule has 0 rings (SSSR count). The molecule has 0 heterocycles. The van der Waals surface area contributed by atoms with Gasteiger partial charge in [0.1, 0.15) is 0 Å². The van der Waals surface area contributed by atoms with Gasteiger partial charge in [-0.25, -0.2) is 0 Å². The van der Waals surface area contributed by atoms with E-state index in [1.807, 2.05) is 0 Å². The van der Waals surface area contributed by atoms with Crippen LogP contribution in [0, 0.1) is 0 Å². The number of unbranched alkanes of at least 4 members (excludes halogenated alkanes) is 16. The van der Waals surface area contributed by atoms with E-state index in [1.54, 1.807) is 0 Å². The third-order valence-corrected chi connectivity index (χ3v) is 5.00. The maximum absolute atomic E-state index is 11.7. The molecule has 0 amide bonds. The monoisotopic (exact) mass is 354 g/mol. The van der Waals surface area contributed by atoms with Crippen LogP contribution in [0.25, 0.3) is 0 Å². The van der Waals surface area contributed by atoms with Gasteiger partial charge in [-0.2, -0.15) is 0 Å². The minimum absolute atomic E-state index is 0.0162. The van der Waals surface area contributed by atoms with Crippen molar-refractivity contribution in [3.63, 3.8) is 0 Å². The van der Waals surface area contributed by atoms with Crippen LogP contribution in [0.1, 0.15) is 136 Å². The van der Waals surface area contributed by atoms with E-state index < -0.39 is 0 Å². The average Bonchev–Trinajstić information content (AvgIpc) is 2.62. The third-order valence-electron chi connectivity index (χ3n) is 5.00. The van der Waals surface area contributed by atoms with Crippen LogP contribution in [0.5, 0.6) is 0 Å². The third kappa shape index (κ3) is 21.4. The number of hydrogen-bond donors (Lipinski definition) is 0. The number of carbonyl (C=O) groups is 1. The van der Waals surface area contributed by atoms with E-state index in [0.29, 0.717) is 13.0 Å². The SMILES string of the molecule is CCCCCCCCCCCCC(=O)OCCCCCCCCCC. The maximum atomic E-state index is 11.7. The number of ether oxygens (including phenoxy) is 1. The molecular weight excluding hydrogens is 308 g/mol. The molecule has 150 valence electrons. The van der Waals surface area contributed by atoms with Gasteiger partial charge >= 0.3 is 5.97 Å². The van der Waals surface area contributed by atoms with Crippen LogP contribution in [0.3, 0.4) is 0 Å². The van der Waals surface area contributed by atoms with Gasteiger partial charge in [0.2, 0.25) is 0 Å². The molecule has 0 radical (unpaired) electrons. The molecule has 0 spiro atoms. The summed E-state index contributed by atoms with van der Waals surface area (Å²) >= 11 is 0. The topological polar surface area (TPSA) is 26.3 Å². The molecule has 0 bridgehead atoms. The van der Waals surface area contributed by atoms with E-state index in [0.717, 1.165) is 12.8 Å². The first-order valence-electron chi connectivity index (χ1n) is 11.5. The van der Waals surface area contributed by atoms with Gasteiger partial charge in [-0.3, -0.25) is 4.79 Å². The van der Waals surface area contributed by atoms with Crippen molar-refractivity contribution in [1.82, 2.24) is 0 Å². The van der Waals surface area contributed by atoms with Gasteiger partial charge in [-0.1, -0.05) is 117 Å². The Bertz CT molecular complexity index is 263. The van der Waals surface area contributed by atoms with Crippen LogP contribution in [0.4, 0.5) is 0 Å². The molecule has 0 saturated heterocycles. The Morgan fingerprint density at radius 3 is 1.32 bits per heavy atom. The summed E-state index contributed by atoms with van der Waals surface area (Å²) in [6, 6.07) is 0. The summed E-state index contributed by atoms with van der Waals surface area (Å²) < 4.78 is 5.33. The molecule has 0 atom stereocenters. The number of carbonyl (C=O) groups excluding carboxylic acids is 1. The Labute approximate surface area is 158 Å². The van der Waals surface area contributed by atoms with Crippen LogP contribution in [0.15, 0.2) is 0 Å². The minimum atomic E-state index is 0.0162. The van der Waals surface area contributed by atoms with Gasteiger partial charge in [0, 0.05) is 6.42 Å². The summed E-state index contributed by atoms with van der Waals surface area (Å²) in [5.74, 6) is 0.0162. The normalized spacial score (nSPS) is 11.0. The van der Waals surface area contributed by atoms with Crippen LogP contribution >= 0.6 is 0 Å². The number of hydrogen-bond acceptors (Lipinski definition) is 2. The fourth-order valence-electron chi connectivity index (χ4n) is 3.25. The molecule has 0 aromatic rings. The van der Waals surface area contributed by atoms with E-state index in [9.17, 15) is 4.79 Å². The van der Waals surface area contributed by atoms with Crippen LogP contribution < -0.4 is 0 Å². The largest absolute Gasteiger partial charge is 0.466 e. The quantitative estimate of drug-likeness (QED) is 0.164. The van der Waals surface area contributed by atoms with E-state index in [-0.39, 0.29) is 5.97 Å². The fraction of sp³-hybridized carbons (Fsp3) is 0.957. The molecule has 0 N–H and O–H groups in total. The first-order chi connectivity index (χ1) is 12.3. The predicted octanol–water partition coefficient (Wildman–Crippen LogP) is 7.98. The standard InChI is InChI=1S/C23H46O2/c1-3-5-7-9-11-13-14-15-17-19-21-23(24)25-22-20-18-16-12-10-8-6-4-2/h3-22H2,1-2H3. The van der Waals surface area contributed by atoms with Crippen LogP contribution in [-0.4, -0.2) is 12.6 Å². The predicted molar refractivity (Wildman–Crippen MR) is 110 cm³/mol. The molecule has 0 fully saturated rings. The number of esters is 1. The number of rotatable bonds is 20. The molecule has 0 aliphatic carbocycles. The molecule has 0 aromatic heterocycles. The Morgan fingerprint density at radius 2 is 0.880 bits per heavy atom. The van der Waals surface area contributed by atoms with E-state index in [4.69, 9.17) is 4.74 Å². The highest BCUT2D eigenvalue weighted by Gasteiger charge is 2.02. The Morgan fingerprint density at radius 1 is 0.520 bits per heavy atom. The Hall–Kier alpha value is -0.530. The lowest BCUT2D eigenvalue weighted by Crippen LogP contribution is -2.05. The van der Waals surface area contributed by atoms with E-state index in [2.05, 4.69) is 13.8 Å². The van der Waals surface area contributed by atoms with Gasteiger partial charge in [0.25, 0.3) is 0 Å². The molecule has 0 aliphatic heterocycles. The molecule has 0 aromatic carbocycles. The molecule has 2 heteroatoms. The van der Waals surface area contributed by atoms with Crippen LogP contribution in [0.2, 0.25) is 0 Å². The van der Waals surface area contributed by atoms with Crippen molar-refractivity contribution >= 4 is 5.97 Å².